The molecule has 2 saturated heterocycles. The molecule has 32 heavy (non-hydrogen) atoms. The smallest absolute Gasteiger partial charge is 0.252 e. The van der Waals surface area contributed by atoms with Crippen LogP contribution < -0.4 is 21.3 Å². The van der Waals surface area contributed by atoms with Crippen molar-refractivity contribution in [2.75, 3.05) is 0 Å². The van der Waals surface area contributed by atoms with Crippen molar-refractivity contribution in [2.24, 2.45) is 0 Å². The molecule has 4 N–H and O–H groups in total. The second-order valence-electron chi connectivity index (χ2n) is 12.5. The third kappa shape index (κ3) is 6.32. The maximum atomic E-state index is 13.2. The largest absolute Gasteiger partial charge is 0.349 e. The minimum absolute atomic E-state index is 0.0517. The molecule has 6 nitrogen and oxygen atoms in total. The van der Waals surface area contributed by atoms with E-state index in [1.54, 1.807) is 12.1 Å². The number of amides is 2. The highest BCUT2D eigenvalue weighted by atomic mass is 16.2. The van der Waals surface area contributed by atoms with E-state index in [2.05, 4.69) is 76.7 Å². The zero-order valence-electron chi connectivity index (χ0n) is 21.1. The lowest BCUT2D eigenvalue weighted by Gasteiger charge is -2.46. The van der Waals surface area contributed by atoms with E-state index in [1.807, 2.05) is 12.1 Å². The lowest BCUT2D eigenvalue weighted by molar-refractivity contribution is 0.0835. The van der Waals surface area contributed by atoms with Gasteiger partial charge >= 0.3 is 0 Å². The molecule has 0 spiro atoms. The Labute approximate surface area is 193 Å². The van der Waals surface area contributed by atoms with Gasteiger partial charge in [-0.15, -0.1) is 0 Å². The summed E-state index contributed by atoms with van der Waals surface area (Å²) in [4.78, 5) is 26.5. The molecule has 1 aromatic carbocycles. The molecule has 2 fully saturated rings. The van der Waals surface area contributed by atoms with Crippen molar-refractivity contribution in [2.45, 2.75) is 115 Å². The van der Waals surface area contributed by atoms with Crippen molar-refractivity contribution in [3.05, 3.63) is 35.4 Å². The quantitative estimate of drug-likeness (QED) is 0.572. The molecule has 2 aliphatic heterocycles. The number of carbonyl (C=O) groups excluding carboxylic acids is 2. The van der Waals surface area contributed by atoms with E-state index >= 15 is 0 Å². The molecule has 0 bridgehead atoms. The Balaban J connectivity index is 1.74. The summed E-state index contributed by atoms with van der Waals surface area (Å²) >= 11 is 0. The first-order valence-electron chi connectivity index (χ1n) is 11.9. The number of carbonyl (C=O) groups is 2. The number of hydrogen-bond donors (Lipinski definition) is 4. The highest BCUT2D eigenvalue weighted by Crippen LogP contribution is 2.30. The third-order valence-corrected chi connectivity index (χ3v) is 6.47. The number of rotatable bonds is 4. The molecule has 2 amide bonds. The second kappa shape index (κ2) is 8.45. The summed E-state index contributed by atoms with van der Waals surface area (Å²) in [6.45, 7) is 17.3. The first-order chi connectivity index (χ1) is 14.6. The molecule has 178 valence electrons. The maximum absolute atomic E-state index is 13.2. The van der Waals surface area contributed by atoms with Gasteiger partial charge in [0.1, 0.15) is 0 Å². The summed E-state index contributed by atoms with van der Waals surface area (Å²) in [5.41, 5.74) is 0.616. The van der Waals surface area contributed by atoms with Gasteiger partial charge in [-0.1, -0.05) is 12.1 Å². The van der Waals surface area contributed by atoms with Crippen LogP contribution in [0.4, 0.5) is 0 Å². The van der Waals surface area contributed by atoms with Gasteiger partial charge < -0.3 is 21.3 Å². The van der Waals surface area contributed by atoms with Crippen molar-refractivity contribution in [1.82, 2.24) is 21.3 Å². The van der Waals surface area contributed by atoms with Gasteiger partial charge in [-0.2, -0.15) is 0 Å². The molecular weight excluding hydrogens is 400 g/mol. The minimum Gasteiger partial charge on any atom is -0.349 e. The Hall–Kier alpha value is -1.92. The molecule has 6 heteroatoms. The van der Waals surface area contributed by atoms with Crippen LogP contribution >= 0.6 is 0 Å². The van der Waals surface area contributed by atoms with Gasteiger partial charge in [0, 0.05) is 34.2 Å². The molecule has 0 aromatic heterocycles. The fourth-order valence-electron chi connectivity index (χ4n) is 6.25. The van der Waals surface area contributed by atoms with Gasteiger partial charge in [0.25, 0.3) is 11.8 Å². The first kappa shape index (κ1) is 24.7. The first-order valence-corrected chi connectivity index (χ1v) is 11.9. The summed E-state index contributed by atoms with van der Waals surface area (Å²) in [5.74, 6) is -0.361. The number of hydrogen-bond acceptors (Lipinski definition) is 4. The van der Waals surface area contributed by atoms with Crippen LogP contribution in [0, 0.1) is 0 Å². The third-order valence-electron chi connectivity index (χ3n) is 6.47. The standard InChI is InChI=1S/C26H42N4O2/c1-23(2)13-17(14-24(3,4)29-23)27-21(31)19-11-9-10-12-20(19)22(32)28-18-15-25(5,6)30-26(7,8)16-18/h9-12,17-18,29-30H,13-16H2,1-8H3,(H,27,31)(H,28,32). The molecule has 3 rings (SSSR count). The van der Waals surface area contributed by atoms with Crippen LogP contribution in [-0.2, 0) is 0 Å². The number of piperidine rings is 2. The lowest BCUT2D eigenvalue weighted by Crippen LogP contribution is -2.62. The van der Waals surface area contributed by atoms with E-state index in [-0.39, 0.29) is 46.1 Å². The van der Waals surface area contributed by atoms with Crippen molar-refractivity contribution in [3.8, 4) is 0 Å². The average molecular weight is 443 g/mol. The van der Waals surface area contributed by atoms with Crippen molar-refractivity contribution in [3.63, 3.8) is 0 Å². The summed E-state index contributed by atoms with van der Waals surface area (Å²) in [6.07, 6.45) is 3.37. The van der Waals surface area contributed by atoms with Crippen LogP contribution in [-0.4, -0.2) is 46.1 Å². The topological polar surface area (TPSA) is 82.3 Å². The molecule has 0 radical (unpaired) electrons. The molecule has 0 unspecified atom stereocenters. The summed E-state index contributed by atoms with van der Waals surface area (Å²) in [5, 5.41) is 13.7. The van der Waals surface area contributed by atoms with Gasteiger partial charge in [-0.25, -0.2) is 0 Å². The van der Waals surface area contributed by atoms with E-state index < -0.39 is 0 Å². The van der Waals surface area contributed by atoms with E-state index in [1.165, 1.54) is 0 Å². The average Bonchev–Trinajstić information content (AvgIpc) is 2.55. The summed E-state index contributed by atoms with van der Waals surface area (Å²) in [7, 11) is 0. The highest BCUT2D eigenvalue weighted by molar-refractivity contribution is 6.07. The SMILES string of the molecule is CC1(C)CC(NC(=O)c2ccccc2C(=O)NC2CC(C)(C)NC(C)(C)C2)CC(C)(C)N1. The molecule has 2 heterocycles. The van der Waals surface area contributed by atoms with Crippen LogP contribution in [0.1, 0.15) is 102 Å². The van der Waals surface area contributed by atoms with Gasteiger partial charge in [-0.3, -0.25) is 9.59 Å². The fourth-order valence-corrected chi connectivity index (χ4v) is 6.25. The van der Waals surface area contributed by atoms with Crippen molar-refractivity contribution in [1.29, 1.82) is 0 Å². The van der Waals surface area contributed by atoms with E-state index in [0.29, 0.717) is 11.1 Å². The van der Waals surface area contributed by atoms with Gasteiger partial charge in [0.15, 0.2) is 0 Å². The molecule has 1 aromatic rings. The summed E-state index contributed by atoms with van der Waals surface area (Å²) < 4.78 is 0. The maximum Gasteiger partial charge on any atom is 0.252 e. The summed E-state index contributed by atoms with van der Waals surface area (Å²) in [6, 6.07) is 7.24. The van der Waals surface area contributed by atoms with Crippen LogP contribution in [0.2, 0.25) is 0 Å². The van der Waals surface area contributed by atoms with E-state index in [9.17, 15) is 9.59 Å². The van der Waals surface area contributed by atoms with E-state index in [0.717, 1.165) is 25.7 Å². The minimum atomic E-state index is -0.180. The molecule has 0 atom stereocenters. The van der Waals surface area contributed by atoms with Gasteiger partial charge in [0.05, 0.1) is 11.1 Å². The molecule has 2 aliphatic rings. The normalized spacial score (nSPS) is 24.5. The Morgan fingerprint density at radius 3 is 1.22 bits per heavy atom. The Morgan fingerprint density at radius 1 is 0.656 bits per heavy atom. The zero-order valence-corrected chi connectivity index (χ0v) is 21.1. The van der Waals surface area contributed by atoms with E-state index in [4.69, 9.17) is 0 Å². The Kier molecular flexibility index (Phi) is 6.53. The van der Waals surface area contributed by atoms with Crippen molar-refractivity contribution < 1.29 is 9.59 Å². The van der Waals surface area contributed by atoms with Gasteiger partial charge in [0.2, 0.25) is 0 Å². The Bertz CT molecular complexity index is 769. The van der Waals surface area contributed by atoms with Crippen LogP contribution in [0.5, 0.6) is 0 Å². The monoisotopic (exact) mass is 442 g/mol. The fraction of sp³-hybridized carbons (Fsp3) is 0.692. The molecule has 0 saturated carbocycles. The number of nitrogens with one attached hydrogen (secondary N) is 4. The van der Waals surface area contributed by atoms with Gasteiger partial charge in [-0.05, 0) is 93.2 Å². The molecule has 0 aliphatic carbocycles. The number of benzene rings is 1. The highest BCUT2D eigenvalue weighted by Gasteiger charge is 2.40. The second-order valence-corrected chi connectivity index (χ2v) is 12.5. The predicted octanol–water partition coefficient (Wildman–Crippen LogP) is 3.76. The lowest BCUT2D eigenvalue weighted by atomic mass is 9.79. The Morgan fingerprint density at radius 2 is 0.938 bits per heavy atom. The van der Waals surface area contributed by atoms with Crippen LogP contribution in [0.3, 0.4) is 0 Å². The zero-order chi connectivity index (χ0) is 23.9. The predicted molar refractivity (Wildman–Crippen MR) is 130 cm³/mol. The van der Waals surface area contributed by atoms with Crippen LogP contribution in [0.15, 0.2) is 24.3 Å². The van der Waals surface area contributed by atoms with Crippen LogP contribution in [0.25, 0.3) is 0 Å². The van der Waals surface area contributed by atoms with Crippen molar-refractivity contribution >= 4 is 11.8 Å². The molecular formula is C26H42N4O2.